The van der Waals surface area contributed by atoms with Gasteiger partial charge in [-0.3, -0.25) is 4.90 Å². The second-order valence-electron chi connectivity index (χ2n) is 4.66. The summed E-state index contributed by atoms with van der Waals surface area (Å²) in [5.74, 6) is 0. The Morgan fingerprint density at radius 1 is 1.17 bits per heavy atom. The van der Waals surface area contributed by atoms with Crippen LogP contribution in [-0.2, 0) is 6.54 Å². The van der Waals surface area contributed by atoms with Crippen molar-refractivity contribution in [2.45, 2.75) is 46.6 Å². The highest BCUT2D eigenvalue weighted by Gasteiger charge is 2.13. The van der Waals surface area contributed by atoms with E-state index in [4.69, 9.17) is 5.73 Å². The Bertz CT molecular complexity index is 371. The maximum absolute atomic E-state index is 6.10. The van der Waals surface area contributed by atoms with Crippen molar-refractivity contribution in [3.63, 3.8) is 0 Å². The van der Waals surface area contributed by atoms with Gasteiger partial charge < -0.3 is 5.73 Å². The molecule has 0 atom stereocenters. The quantitative estimate of drug-likeness (QED) is 0.822. The highest BCUT2D eigenvalue weighted by Crippen LogP contribution is 2.27. The number of hydrogen-bond acceptors (Lipinski definition) is 2. The largest absolute Gasteiger partial charge is 0.398 e. The molecule has 2 nitrogen and oxygen atoms in total. The maximum Gasteiger partial charge on any atom is 0.0504 e. The van der Waals surface area contributed by atoms with Crippen LogP contribution in [0.3, 0.4) is 0 Å². The summed E-state index contributed by atoms with van der Waals surface area (Å²) in [6.45, 7) is 9.53. The highest BCUT2D eigenvalue weighted by atomic mass is 79.9. The molecule has 0 bridgehead atoms. The minimum atomic E-state index is 0.899. The Labute approximate surface area is 120 Å². The molecule has 0 aliphatic carbocycles. The summed E-state index contributed by atoms with van der Waals surface area (Å²) >= 11 is 3.52. The molecule has 1 fully saturated rings. The van der Waals surface area contributed by atoms with Crippen LogP contribution in [0.15, 0.2) is 16.6 Å². The van der Waals surface area contributed by atoms with E-state index in [1.165, 1.54) is 43.5 Å². The van der Waals surface area contributed by atoms with Gasteiger partial charge in [0.2, 0.25) is 0 Å². The molecule has 1 heterocycles. The molecule has 0 spiro atoms. The van der Waals surface area contributed by atoms with Crippen molar-refractivity contribution in [3.8, 4) is 0 Å². The lowest BCUT2D eigenvalue weighted by molar-refractivity contribution is 0.221. The van der Waals surface area contributed by atoms with Gasteiger partial charge in [-0.1, -0.05) is 26.3 Å². The first-order chi connectivity index (χ1) is 8.66. The van der Waals surface area contributed by atoms with Crippen LogP contribution >= 0.6 is 15.9 Å². The van der Waals surface area contributed by atoms with Crippen molar-refractivity contribution in [3.05, 3.63) is 27.7 Å². The minimum Gasteiger partial charge on any atom is -0.398 e. The number of nitrogens with zero attached hydrogens (tertiary/aromatic N) is 1. The van der Waals surface area contributed by atoms with E-state index in [0.29, 0.717) is 0 Å². The van der Waals surface area contributed by atoms with E-state index >= 15 is 0 Å². The fraction of sp³-hybridized carbons (Fsp3) is 0.600. The zero-order chi connectivity index (χ0) is 13.5. The van der Waals surface area contributed by atoms with Gasteiger partial charge in [0.25, 0.3) is 0 Å². The number of aryl methyl sites for hydroxylation is 1. The lowest BCUT2D eigenvalue weighted by atomic mass is 10.1. The number of anilines is 1. The Balaban J connectivity index is 0.000000771. The standard InChI is InChI=1S/C13H19BrN2.C2H6/c1-10-7-11(13(15)12(14)8-10)9-16-5-3-2-4-6-16;1-2/h7-8H,2-6,9,15H2,1H3;1-2H3. The lowest BCUT2D eigenvalue weighted by Crippen LogP contribution is -2.29. The third-order valence-corrected chi connectivity index (χ3v) is 3.86. The number of benzene rings is 1. The Hall–Kier alpha value is -0.540. The van der Waals surface area contributed by atoms with E-state index < -0.39 is 0 Å². The van der Waals surface area contributed by atoms with Crippen LogP contribution in [0.1, 0.15) is 44.2 Å². The number of hydrogen-bond donors (Lipinski definition) is 1. The van der Waals surface area contributed by atoms with Crippen LogP contribution in [-0.4, -0.2) is 18.0 Å². The van der Waals surface area contributed by atoms with Crippen LogP contribution < -0.4 is 5.73 Å². The molecule has 18 heavy (non-hydrogen) atoms. The third-order valence-electron chi connectivity index (χ3n) is 3.20. The zero-order valence-corrected chi connectivity index (χ0v) is 13.4. The molecule has 1 saturated heterocycles. The SMILES string of the molecule is CC.Cc1cc(Br)c(N)c(CN2CCCCC2)c1. The van der Waals surface area contributed by atoms with Gasteiger partial charge in [0.1, 0.15) is 0 Å². The number of piperidine rings is 1. The summed E-state index contributed by atoms with van der Waals surface area (Å²) in [7, 11) is 0. The molecule has 2 rings (SSSR count). The molecule has 1 aromatic carbocycles. The fourth-order valence-electron chi connectivity index (χ4n) is 2.31. The van der Waals surface area contributed by atoms with Gasteiger partial charge in [0.05, 0.1) is 5.69 Å². The molecule has 1 aromatic rings. The number of halogens is 1. The first-order valence-corrected chi connectivity index (χ1v) is 7.73. The zero-order valence-electron chi connectivity index (χ0n) is 11.8. The van der Waals surface area contributed by atoms with Gasteiger partial charge in [-0.25, -0.2) is 0 Å². The van der Waals surface area contributed by atoms with Gasteiger partial charge in [-0.2, -0.15) is 0 Å². The minimum absolute atomic E-state index is 0.899. The summed E-state index contributed by atoms with van der Waals surface area (Å²) in [5.41, 5.74) is 9.52. The molecular formula is C15H25BrN2. The first-order valence-electron chi connectivity index (χ1n) is 6.93. The third kappa shape index (κ3) is 4.29. The van der Waals surface area contributed by atoms with Crippen molar-refractivity contribution in [2.75, 3.05) is 18.8 Å². The van der Waals surface area contributed by atoms with Crippen LogP contribution in [0.2, 0.25) is 0 Å². The topological polar surface area (TPSA) is 29.3 Å². The van der Waals surface area contributed by atoms with Crippen LogP contribution in [0.4, 0.5) is 5.69 Å². The molecule has 0 aromatic heterocycles. The van der Waals surface area contributed by atoms with Crippen molar-refractivity contribution in [1.29, 1.82) is 0 Å². The molecule has 0 amide bonds. The van der Waals surface area contributed by atoms with E-state index in [1.807, 2.05) is 13.8 Å². The summed E-state index contributed by atoms with van der Waals surface area (Å²) < 4.78 is 1.03. The highest BCUT2D eigenvalue weighted by molar-refractivity contribution is 9.10. The molecule has 3 heteroatoms. The predicted molar refractivity (Wildman–Crippen MR) is 83.8 cm³/mol. The average molecular weight is 313 g/mol. The number of likely N-dealkylation sites (tertiary alicyclic amines) is 1. The predicted octanol–water partition coefficient (Wildman–Crippen LogP) is 4.35. The number of nitrogen functional groups attached to an aromatic ring is 1. The van der Waals surface area contributed by atoms with E-state index in [9.17, 15) is 0 Å². The monoisotopic (exact) mass is 312 g/mol. The molecule has 1 aliphatic rings. The maximum atomic E-state index is 6.10. The van der Waals surface area contributed by atoms with E-state index in [1.54, 1.807) is 0 Å². The smallest absolute Gasteiger partial charge is 0.0504 e. The molecule has 0 radical (unpaired) electrons. The average Bonchev–Trinajstić information content (AvgIpc) is 2.39. The second-order valence-corrected chi connectivity index (χ2v) is 5.51. The molecular weight excluding hydrogens is 288 g/mol. The summed E-state index contributed by atoms with van der Waals surface area (Å²) in [5, 5.41) is 0. The van der Waals surface area contributed by atoms with Crippen LogP contribution in [0.5, 0.6) is 0 Å². The molecule has 2 N–H and O–H groups in total. The number of rotatable bonds is 2. The van der Waals surface area contributed by atoms with E-state index in [2.05, 4.69) is 39.9 Å². The Morgan fingerprint density at radius 3 is 2.39 bits per heavy atom. The van der Waals surface area contributed by atoms with Gasteiger partial charge in [0, 0.05) is 11.0 Å². The van der Waals surface area contributed by atoms with Gasteiger partial charge >= 0.3 is 0 Å². The molecule has 0 unspecified atom stereocenters. The summed E-state index contributed by atoms with van der Waals surface area (Å²) in [4.78, 5) is 2.50. The second kappa shape index (κ2) is 7.80. The molecule has 1 aliphatic heterocycles. The van der Waals surface area contributed by atoms with Gasteiger partial charge in [0.15, 0.2) is 0 Å². The van der Waals surface area contributed by atoms with Gasteiger partial charge in [-0.15, -0.1) is 0 Å². The van der Waals surface area contributed by atoms with E-state index in [-0.39, 0.29) is 0 Å². The Kier molecular flexibility index (Phi) is 6.72. The fourth-order valence-corrected chi connectivity index (χ4v) is 2.93. The van der Waals surface area contributed by atoms with Gasteiger partial charge in [-0.05, 0) is 66.0 Å². The van der Waals surface area contributed by atoms with Crippen molar-refractivity contribution in [1.82, 2.24) is 4.90 Å². The summed E-state index contributed by atoms with van der Waals surface area (Å²) in [6, 6.07) is 4.28. The van der Waals surface area contributed by atoms with Crippen molar-refractivity contribution < 1.29 is 0 Å². The first kappa shape index (κ1) is 15.5. The summed E-state index contributed by atoms with van der Waals surface area (Å²) in [6.07, 6.45) is 4.03. The van der Waals surface area contributed by atoms with Crippen molar-refractivity contribution in [2.24, 2.45) is 0 Å². The van der Waals surface area contributed by atoms with Crippen LogP contribution in [0.25, 0.3) is 0 Å². The van der Waals surface area contributed by atoms with Crippen LogP contribution in [0, 0.1) is 6.92 Å². The normalized spacial score (nSPS) is 16.0. The van der Waals surface area contributed by atoms with Crippen molar-refractivity contribution >= 4 is 21.6 Å². The lowest BCUT2D eigenvalue weighted by Gasteiger charge is -2.27. The molecule has 0 saturated carbocycles. The molecule has 102 valence electrons. The number of nitrogens with two attached hydrogens (primary N) is 1. The van der Waals surface area contributed by atoms with E-state index in [0.717, 1.165) is 16.7 Å². The Morgan fingerprint density at radius 2 is 1.78 bits per heavy atom.